The van der Waals surface area contributed by atoms with Gasteiger partial charge in [-0.2, -0.15) is 0 Å². The van der Waals surface area contributed by atoms with Gasteiger partial charge in [-0.25, -0.2) is 0 Å². The maximum atomic E-state index is 11.6. The lowest BCUT2D eigenvalue weighted by atomic mass is 10.1. The van der Waals surface area contributed by atoms with Gasteiger partial charge in [0.05, 0.1) is 12.7 Å². The summed E-state index contributed by atoms with van der Waals surface area (Å²) in [6.45, 7) is 1.47. The molecule has 0 aromatic heterocycles. The molecule has 0 heterocycles. The van der Waals surface area contributed by atoms with Crippen LogP contribution < -0.4 is 11.1 Å². The number of hydrogen-bond donors (Lipinski definition) is 4. The Labute approximate surface area is 93.9 Å². The fourth-order valence-corrected chi connectivity index (χ4v) is 1.19. The highest BCUT2D eigenvalue weighted by atomic mass is 16.3. The Kier molecular flexibility index (Phi) is 4.28. The van der Waals surface area contributed by atoms with E-state index in [0.29, 0.717) is 11.3 Å². The first-order valence-electron chi connectivity index (χ1n) is 4.98. The fourth-order valence-electron chi connectivity index (χ4n) is 1.19. The van der Waals surface area contributed by atoms with Crippen LogP contribution in [-0.2, 0) is 0 Å². The van der Waals surface area contributed by atoms with Crippen LogP contribution in [0.4, 0.5) is 5.69 Å². The number of aliphatic hydroxyl groups is 2. The number of aliphatic hydroxyl groups excluding tert-OH is 2. The molecule has 0 fully saturated rings. The first kappa shape index (κ1) is 12.5. The number of amides is 1. The van der Waals surface area contributed by atoms with Gasteiger partial charge in [0, 0.05) is 17.8 Å². The van der Waals surface area contributed by atoms with E-state index in [1.165, 1.54) is 0 Å². The van der Waals surface area contributed by atoms with E-state index in [-0.39, 0.29) is 19.1 Å². The predicted octanol–water partition coefficient (Wildman–Crippen LogP) is -0.340. The summed E-state index contributed by atoms with van der Waals surface area (Å²) in [5, 5.41) is 20.2. The van der Waals surface area contributed by atoms with Crippen LogP contribution in [0.2, 0.25) is 0 Å². The van der Waals surface area contributed by atoms with Crippen molar-refractivity contribution in [2.45, 2.75) is 13.0 Å². The van der Waals surface area contributed by atoms with Crippen LogP contribution in [0.25, 0.3) is 0 Å². The highest BCUT2D eigenvalue weighted by Gasteiger charge is 2.08. The molecular weight excluding hydrogens is 208 g/mol. The molecular formula is C11H16N2O3. The van der Waals surface area contributed by atoms with Crippen LogP contribution in [0.1, 0.15) is 15.9 Å². The second-order valence-corrected chi connectivity index (χ2v) is 3.62. The quantitative estimate of drug-likeness (QED) is 0.526. The van der Waals surface area contributed by atoms with Crippen LogP contribution in [0, 0.1) is 6.92 Å². The number of carbonyl (C=O) groups excluding carboxylic acids is 1. The minimum absolute atomic E-state index is 0.0265. The van der Waals surface area contributed by atoms with Gasteiger partial charge in [-0.1, -0.05) is 0 Å². The van der Waals surface area contributed by atoms with Crippen LogP contribution in [0.15, 0.2) is 18.2 Å². The first-order chi connectivity index (χ1) is 7.54. The number of rotatable bonds is 4. The molecule has 0 aliphatic heterocycles. The summed E-state index contributed by atoms with van der Waals surface area (Å²) in [6.07, 6.45) is -0.932. The molecule has 1 atom stereocenters. The van der Waals surface area contributed by atoms with Crippen molar-refractivity contribution in [3.05, 3.63) is 29.3 Å². The molecule has 0 radical (unpaired) electrons. The standard InChI is InChI=1S/C11H16N2O3/c1-7-4-8(2-3-10(7)12)11(16)13-5-9(15)6-14/h2-4,9,14-15H,5-6,12H2,1H3,(H,13,16). The Morgan fingerprint density at radius 2 is 2.25 bits per heavy atom. The van der Waals surface area contributed by atoms with E-state index in [1.807, 2.05) is 6.92 Å². The molecule has 1 aromatic carbocycles. The second kappa shape index (κ2) is 5.48. The summed E-state index contributed by atoms with van der Waals surface area (Å²) in [6, 6.07) is 4.95. The zero-order valence-electron chi connectivity index (χ0n) is 9.10. The van der Waals surface area contributed by atoms with Crippen molar-refractivity contribution >= 4 is 11.6 Å². The molecule has 0 saturated carbocycles. The van der Waals surface area contributed by atoms with Crippen molar-refractivity contribution in [2.24, 2.45) is 0 Å². The van der Waals surface area contributed by atoms with Gasteiger partial charge in [-0.05, 0) is 30.7 Å². The molecule has 5 N–H and O–H groups in total. The van der Waals surface area contributed by atoms with Gasteiger partial charge in [0.15, 0.2) is 0 Å². The van der Waals surface area contributed by atoms with Gasteiger partial charge >= 0.3 is 0 Å². The summed E-state index contributed by atoms with van der Waals surface area (Å²) in [5.41, 5.74) is 7.57. The Hall–Kier alpha value is -1.59. The van der Waals surface area contributed by atoms with Crippen molar-refractivity contribution in [1.82, 2.24) is 5.32 Å². The number of nitrogens with two attached hydrogens (primary N) is 1. The summed E-state index contributed by atoms with van der Waals surface area (Å²) in [5.74, 6) is -0.296. The molecule has 16 heavy (non-hydrogen) atoms. The molecule has 0 spiro atoms. The molecule has 88 valence electrons. The summed E-state index contributed by atoms with van der Waals surface area (Å²) in [4.78, 5) is 11.6. The Morgan fingerprint density at radius 1 is 1.56 bits per heavy atom. The van der Waals surface area contributed by atoms with E-state index >= 15 is 0 Å². The van der Waals surface area contributed by atoms with Gasteiger partial charge in [-0.3, -0.25) is 4.79 Å². The van der Waals surface area contributed by atoms with E-state index in [2.05, 4.69) is 5.32 Å². The number of carbonyl (C=O) groups is 1. The molecule has 0 aliphatic rings. The Morgan fingerprint density at radius 3 is 2.81 bits per heavy atom. The van der Waals surface area contributed by atoms with Crippen LogP contribution in [0.5, 0.6) is 0 Å². The van der Waals surface area contributed by atoms with E-state index < -0.39 is 6.10 Å². The topological polar surface area (TPSA) is 95.6 Å². The molecule has 5 nitrogen and oxygen atoms in total. The zero-order valence-corrected chi connectivity index (χ0v) is 9.10. The van der Waals surface area contributed by atoms with Gasteiger partial charge in [-0.15, -0.1) is 0 Å². The highest BCUT2D eigenvalue weighted by molar-refractivity contribution is 5.94. The summed E-state index contributed by atoms with van der Waals surface area (Å²) >= 11 is 0. The first-order valence-corrected chi connectivity index (χ1v) is 4.98. The smallest absolute Gasteiger partial charge is 0.251 e. The molecule has 1 amide bonds. The zero-order chi connectivity index (χ0) is 12.1. The largest absolute Gasteiger partial charge is 0.399 e. The van der Waals surface area contributed by atoms with E-state index in [4.69, 9.17) is 15.9 Å². The van der Waals surface area contributed by atoms with E-state index in [9.17, 15) is 4.79 Å². The molecule has 0 saturated heterocycles. The molecule has 1 unspecified atom stereocenters. The lowest BCUT2D eigenvalue weighted by Gasteiger charge is -2.09. The van der Waals surface area contributed by atoms with Gasteiger partial charge < -0.3 is 21.3 Å². The third-order valence-corrected chi connectivity index (χ3v) is 2.24. The minimum atomic E-state index is -0.932. The van der Waals surface area contributed by atoms with Crippen molar-refractivity contribution in [3.8, 4) is 0 Å². The summed E-state index contributed by atoms with van der Waals surface area (Å²) in [7, 11) is 0. The Bertz CT molecular complexity index is 379. The van der Waals surface area contributed by atoms with Crippen molar-refractivity contribution in [2.75, 3.05) is 18.9 Å². The number of nitrogen functional groups attached to an aromatic ring is 1. The second-order valence-electron chi connectivity index (χ2n) is 3.62. The molecule has 1 aromatic rings. The Balaban J connectivity index is 2.63. The molecule has 0 bridgehead atoms. The normalized spacial score (nSPS) is 12.2. The number of hydrogen-bond acceptors (Lipinski definition) is 4. The number of anilines is 1. The van der Waals surface area contributed by atoms with Gasteiger partial charge in [0.2, 0.25) is 0 Å². The van der Waals surface area contributed by atoms with E-state index in [0.717, 1.165) is 5.56 Å². The maximum Gasteiger partial charge on any atom is 0.251 e. The molecule has 1 rings (SSSR count). The monoisotopic (exact) mass is 224 g/mol. The molecule has 5 heteroatoms. The average Bonchev–Trinajstić information content (AvgIpc) is 2.29. The third-order valence-electron chi connectivity index (χ3n) is 2.24. The number of aryl methyl sites for hydroxylation is 1. The van der Waals surface area contributed by atoms with Crippen molar-refractivity contribution in [1.29, 1.82) is 0 Å². The van der Waals surface area contributed by atoms with Crippen LogP contribution >= 0.6 is 0 Å². The lowest BCUT2D eigenvalue weighted by Crippen LogP contribution is -2.33. The van der Waals surface area contributed by atoms with Gasteiger partial charge in [0.25, 0.3) is 5.91 Å². The maximum absolute atomic E-state index is 11.6. The van der Waals surface area contributed by atoms with E-state index in [1.54, 1.807) is 18.2 Å². The highest BCUT2D eigenvalue weighted by Crippen LogP contribution is 2.12. The number of benzene rings is 1. The van der Waals surface area contributed by atoms with Crippen LogP contribution in [-0.4, -0.2) is 35.4 Å². The fraction of sp³-hybridized carbons (Fsp3) is 0.364. The minimum Gasteiger partial charge on any atom is -0.399 e. The number of nitrogens with one attached hydrogen (secondary N) is 1. The van der Waals surface area contributed by atoms with Crippen molar-refractivity contribution in [3.63, 3.8) is 0 Å². The average molecular weight is 224 g/mol. The van der Waals surface area contributed by atoms with Gasteiger partial charge in [0.1, 0.15) is 0 Å². The molecule has 0 aliphatic carbocycles. The SMILES string of the molecule is Cc1cc(C(=O)NCC(O)CO)ccc1N. The third kappa shape index (κ3) is 3.22. The predicted molar refractivity (Wildman–Crippen MR) is 61.0 cm³/mol. The summed E-state index contributed by atoms with van der Waals surface area (Å²) < 4.78 is 0. The van der Waals surface area contributed by atoms with Crippen molar-refractivity contribution < 1.29 is 15.0 Å². The van der Waals surface area contributed by atoms with Crippen LogP contribution in [0.3, 0.4) is 0 Å². The lowest BCUT2D eigenvalue weighted by molar-refractivity contribution is 0.0802.